The first kappa shape index (κ1) is 55.2. The maximum absolute atomic E-state index is 14.0. The summed E-state index contributed by atoms with van der Waals surface area (Å²) in [6.45, 7) is 19.0. The average molecular weight is 1210 g/mol. The van der Waals surface area contributed by atoms with Crippen molar-refractivity contribution in [3.63, 3.8) is 0 Å². The molecule has 0 atom stereocenters. The van der Waals surface area contributed by atoms with E-state index in [4.69, 9.17) is 23.9 Å². The highest BCUT2D eigenvalue weighted by Gasteiger charge is 2.33. The summed E-state index contributed by atoms with van der Waals surface area (Å²) in [5.74, 6) is 0.508. The van der Waals surface area contributed by atoms with Gasteiger partial charge in [0.1, 0.15) is 14.9 Å². The quantitative estimate of drug-likeness (QED) is 0.112. The number of aryl methyl sites for hydroxylation is 2. The average Bonchev–Trinajstić information content (AvgIpc) is 4.30. The molecule has 4 aromatic heterocycles. The molecular weight excluding hydrogens is 1140 g/mol. The zero-order valence-corrected chi connectivity index (χ0v) is 48.6. The predicted octanol–water partition coefficient (Wildman–Crippen LogP) is 12.1. The monoisotopic (exact) mass is 1210 g/mol. The number of nitrogens with one attached hydrogen (secondary N) is 2. The van der Waals surface area contributed by atoms with Crippen molar-refractivity contribution in [1.29, 1.82) is 0 Å². The minimum absolute atomic E-state index is 0.0509. The largest absolute Gasteiger partial charge is 0.443 e. The minimum Gasteiger partial charge on any atom is -0.443 e. The number of nitrogens with zero attached hydrogens (tertiary/aromatic N) is 6. The molecule has 4 fully saturated rings. The number of carbonyl (C=O) groups is 4. The zero-order chi connectivity index (χ0) is 54.1. The third kappa shape index (κ3) is 13.7. The highest BCUT2D eigenvalue weighted by Crippen LogP contribution is 2.37. The molecule has 4 aliphatic rings. The molecule has 6 aromatic rings. The number of carbonyl (C=O) groups excluding carboxylic acids is 4. The molecule has 18 heteroatoms. The Kier molecular flexibility index (Phi) is 16.8. The number of hydrogen-bond donors (Lipinski definition) is 2. The molecule has 16 nitrogen and oxygen atoms in total. The molecule has 2 saturated carbocycles. The number of aromatic nitrogens is 4. The van der Waals surface area contributed by atoms with E-state index in [0.29, 0.717) is 54.7 Å². The Hall–Kier alpha value is -5.57. The van der Waals surface area contributed by atoms with Gasteiger partial charge in [0, 0.05) is 90.7 Å². The van der Waals surface area contributed by atoms with Gasteiger partial charge >= 0.3 is 12.2 Å². The van der Waals surface area contributed by atoms with Crippen molar-refractivity contribution in [3.8, 4) is 22.4 Å². The molecule has 0 bridgehead atoms. The van der Waals surface area contributed by atoms with Crippen molar-refractivity contribution in [2.24, 2.45) is 11.8 Å². The van der Waals surface area contributed by atoms with Gasteiger partial charge in [0.05, 0.1) is 29.5 Å². The lowest BCUT2D eigenvalue weighted by Gasteiger charge is -2.32. The Bertz CT molecular complexity index is 3120. The molecule has 76 heavy (non-hydrogen) atoms. The molecule has 0 radical (unpaired) electrons. The van der Waals surface area contributed by atoms with Crippen LogP contribution in [0.1, 0.15) is 125 Å². The highest BCUT2D eigenvalue weighted by atomic mass is 127. The van der Waals surface area contributed by atoms with Crippen LogP contribution in [0.4, 0.5) is 21.0 Å². The number of ether oxygens (including phenoxy) is 4. The fraction of sp³-hybridized carbons (Fsp3) is 0.483. The molecule has 2 saturated heterocycles. The van der Waals surface area contributed by atoms with Crippen LogP contribution in [0.2, 0.25) is 0 Å². The van der Waals surface area contributed by atoms with Crippen LogP contribution in [0.5, 0.6) is 0 Å². The number of hydrogen-bond acceptors (Lipinski definition) is 10. The lowest BCUT2D eigenvalue weighted by atomic mass is 9.98. The summed E-state index contributed by atoms with van der Waals surface area (Å²) >= 11 is 5.79. The predicted molar refractivity (Wildman–Crippen MR) is 306 cm³/mol. The fourth-order valence-corrected chi connectivity index (χ4v) is 10.5. The number of rotatable bonds is 12. The van der Waals surface area contributed by atoms with E-state index in [1.807, 2.05) is 131 Å². The van der Waals surface area contributed by atoms with Gasteiger partial charge in [0.2, 0.25) is 0 Å². The van der Waals surface area contributed by atoms with Crippen LogP contribution in [0.15, 0.2) is 77.8 Å². The van der Waals surface area contributed by atoms with Gasteiger partial charge in [-0.15, -0.1) is 0 Å². The van der Waals surface area contributed by atoms with Crippen LogP contribution in [0.3, 0.4) is 0 Å². The van der Waals surface area contributed by atoms with Crippen molar-refractivity contribution in [2.45, 2.75) is 130 Å². The number of fused-ring (bicyclic) bond motifs is 2. The van der Waals surface area contributed by atoms with Gasteiger partial charge < -0.3 is 29.6 Å². The van der Waals surface area contributed by atoms with Crippen LogP contribution < -0.4 is 20.4 Å². The maximum Gasteiger partial charge on any atom is 0.414 e. The number of amides is 4. The normalized spacial score (nSPS) is 16.4. The Morgan fingerprint density at radius 1 is 0.632 bits per heavy atom. The standard InChI is InChI=1S/C40H47N5O5.C18H23BrIN3O3/c1-24-18-27(6-12-32(24)37(46)42-30-8-9-30)29-20-34(45(39(48)50-40(3,4)5)22-26-14-16-49-17-15-26)36-41-21-35(44(36)23-29)28-7-13-33(25(2)19-28)38(47)43-31-10-11-31;1-18(2,3)26-17(24)22(10-12-4-6-25-7-5-12)14-8-13(19)11-23-15(20)9-21-16(14)23/h6-7,12-13,18-21,23,26,30-31H,8-11,14-17,22H2,1-5H3,(H,42,46)(H,43,47);8-9,11-12H,4-7,10H2,1-3H3. The molecule has 2 aliphatic heterocycles. The van der Waals surface area contributed by atoms with Gasteiger partial charge in [-0.3, -0.25) is 28.2 Å². The third-order valence-corrected chi connectivity index (χ3v) is 15.1. The Labute approximate surface area is 467 Å². The molecule has 4 amide bonds. The summed E-state index contributed by atoms with van der Waals surface area (Å²) in [6.07, 6.45) is 14.5. The first-order valence-electron chi connectivity index (χ1n) is 26.5. The summed E-state index contributed by atoms with van der Waals surface area (Å²) in [4.78, 5) is 65.8. The first-order chi connectivity index (χ1) is 36.2. The van der Waals surface area contributed by atoms with E-state index in [1.54, 1.807) is 16.0 Å². The van der Waals surface area contributed by atoms with Crippen molar-refractivity contribution >= 4 is 85.2 Å². The van der Waals surface area contributed by atoms with Crippen molar-refractivity contribution < 1.29 is 38.1 Å². The Balaban J connectivity index is 0.000000228. The highest BCUT2D eigenvalue weighted by molar-refractivity contribution is 14.1. The lowest BCUT2D eigenvalue weighted by Crippen LogP contribution is -2.41. The third-order valence-electron chi connectivity index (χ3n) is 13.9. The second-order valence-electron chi connectivity index (χ2n) is 22.6. The maximum atomic E-state index is 14.0. The summed E-state index contributed by atoms with van der Waals surface area (Å²) < 4.78 is 28.7. The summed E-state index contributed by atoms with van der Waals surface area (Å²) in [5, 5.41) is 6.18. The second-order valence-corrected chi connectivity index (χ2v) is 24.6. The topological polar surface area (TPSA) is 170 Å². The molecule has 2 N–H and O–H groups in total. The van der Waals surface area contributed by atoms with Crippen LogP contribution in [-0.4, -0.2) is 106 Å². The Morgan fingerprint density at radius 3 is 1.58 bits per heavy atom. The van der Waals surface area contributed by atoms with E-state index in [9.17, 15) is 19.2 Å². The van der Waals surface area contributed by atoms with Gasteiger partial charge in [0.15, 0.2) is 11.3 Å². The van der Waals surface area contributed by atoms with Crippen molar-refractivity contribution in [2.75, 3.05) is 49.3 Å². The number of halogens is 2. The van der Waals surface area contributed by atoms with Gasteiger partial charge in [-0.2, -0.15) is 0 Å². The first-order valence-corrected chi connectivity index (χ1v) is 28.4. The summed E-state index contributed by atoms with van der Waals surface area (Å²) in [5.41, 5.74) is 8.05. The van der Waals surface area contributed by atoms with E-state index in [0.717, 1.165) is 118 Å². The van der Waals surface area contributed by atoms with Crippen LogP contribution in [0, 0.1) is 29.4 Å². The lowest BCUT2D eigenvalue weighted by molar-refractivity contribution is 0.0510. The second kappa shape index (κ2) is 23.2. The van der Waals surface area contributed by atoms with E-state index in [1.165, 1.54) is 0 Å². The van der Waals surface area contributed by atoms with E-state index in [-0.39, 0.29) is 35.9 Å². The van der Waals surface area contributed by atoms with E-state index < -0.39 is 17.3 Å². The molecule has 2 aromatic carbocycles. The molecular formula is C58H70BrIN8O8. The molecule has 10 rings (SSSR count). The Morgan fingerprint density at radius 2 is 1.09 bits per heavy atom. The number of benzene rings is 2. The molecule has 0 spiro atoms. The smallest absolute Gasteiger partial charge is 0.414 e. The van der Waals surface area contributed by atoms with Gasteiger partial charge in [-0.05, 0) is 204 Å². The summed E-state index contributed by atoms with van der Waals surface area (Å²) in [7, 11) is 0. The van der Waals surface area contributed by atoms with Crippen molar-refractivity contribution in [1.82, 2.24) is 29.4 Å². The molecule has 6 heterocycles. The van der Waals surface area contributed by atoms with Crippen LogP contribution in [-0.2, 0) is 18.9 Å². The molecule has 2 aliphatic carbocycles. The fourth-order valence-electron chi connectivity index (χ4n) is 9.55. The van der Waals surface area contributed by atoms with Crippen LogP contribution >= 0.6 is 38.5 Å². The van der Waals surface area contributed by atoms with Crippen molar-refractivity contribution in [3.05, 3.63) is 104 Å². The minimum atomic E-state index is -0.696. The zero-order valence-electron chi connectivity index (χ0n) is 44.8. The number of pyridine rings is 2. The molecule has 404 valence electrons. The van der Waals surface area contributed by atoms with Gasteiger partial charge in [-0.25, -0.2) is 19.6 Å². The van der Waals surface area contributed by atoms with E-state index in [2.05, 4.69) is 54.1 Å². The SMILES string of the molecule is CC(C)(C)OC(=O)N(CC1CCOCC1)c1cc(Br)cn2c(I)cnc12.Cc1cc(-c2cc(N(CC3CCOCC3)C(=O)OC(C)(C)C)c3ncc(-c4ccc(C(=O)NC5CC5)c(C)c4)n3c2)ccc1C(=O)NC1CC1. The number of imidazole rings is 2. The van der Waals surface area contributed by atoms with Gasteiger partial charge in [-0.1, -0.05) is 18.2 Å². The molecule has 0 unspecified atom stereocenters. The van der Waals surface area contributed by atoms with E-state index >= 15 is 0 Å². The summed E-state index contributed by atoms with van der Waals surface area (Å²) in [6, 6.07) is 16.2. The van der Waals surface area contributed by atoms with Crippen LogP contribution in [0.25, 0.3) is 33.7 Å². The van der Waals surface area contributed by atoms with Gasteiger partial charge in [0.25, 0.3) is 11.8 Å². The number of anilines is 2.